The fourth-order valence-corrected chi connectivity index (χ4v) is 1.47. The molecule has 100 valence electrons. The lowest BCUT2D eigenvalue weighted by Gasteiger charge is -2.22. The molecule has 0 saturated carbocycles. The molecule has 0 saturated heterocycles. The normalized spacial score (nSPS) is 10.6. The number of carbonyl (C=O) groups is 1. The maximum atomic E-state index is 12.0. The van der Waals surface area contributed by atoms with E-state index in [2.05, 4.69) is 13.8 Å². The van der Waals surface area contributed by atoms with Gasteiger partial charge in [-0.2, -0.15) is 0 Å². The third kappa shape index (κ3) is 9.06. The zero-order valence-corrected chi connectivity index (χ0v) is 11.9. The predicted octanol–water partition coefficient (Wildman–Crippen LogP) is 1.57. The monoisotopic (exact) mass is 260 g/mol. The zero-order valence-electron chi connectivity index (χ0n) is 11.1. The lowest BCUT2D eigenvalue weighted by atomic mass is 10.1. The van der Waals surface area contributed by atoms with Crippen molar-refractivity contribution in [3.05, 3.63) is 0 Å². The molecule has 4 nitrogen and oxygen atoms in total. The van der Waals surface area contributed by atoms with Crippen LogP contribution in [0.5, 0.6) is 0 Å². The minimum absolute atomic E-state index is 0.159. The van der Waals surface area contributed by atoms with Gasteiger partial charge in [0.2, 0.25) is 5.91 Å². The number of methoxy groups -OCH3 is 1. The Kier molecular flexibility index (Phi) is 8.99. The van der Waals surface area contributed by atoms with Gasteiger partial charge in [-0.3, -0.25) is 4.79 Å². The summed E-state index contributed by atoms with van der Waals surface area (Å²) in [4.78, 5) is 14.2. The highest BCUT2D eigenvalue weighted by molar-refractivity contribution is 7.80. The molecule has 1 amide bonds. The molecule has 17 heavy (non-hydrogen) atoms. The smallest absolute Gasteiger partial charge is 0.222 e. The van der Waals surface area contributed by atoms with Crippen LogP contribution >= 0.6 is 12.2 Å². The van der Waals surface area contributed by atoms with E-state index in [0.29, 0.717) is 43.4 Å². The van der Waals surface area contributed by atoms with Gasteiger partial charge >= 0.3 is 0 Å². The molecule has 0 atom stereocenters. The zero-order chi connectivity index (χ0) is 13.3. The highest BCUT2D eigenvalue weighted by Crippen LogP contribution is 2.07. The Hall–Kier alpha value is -0.680. The highest BCUT2D eigenvalue weighted by atomic mass is 32.1. The van der Waals surface area contributed by atoms with Crippen LogP contribution in [-0.4, -0.2) is 42.6 Å². The summed E-state index contributed by atoms with van der Waals surface area (Å²) in [5.74, 6) is 0.700. The van der Waals surface area contributed by atoms with Gasteiger partial charge in [0.25, 0.3) is 0 Å². The number of thiocarbonyl (C=S) groups is 1. The van der Waals surface area contributed by atoms with Crippen molar-refractivity contribution < 1.29 is 9.53 Å². The van der Waals surface area contributed by atoms with E-state index in [1.807, 2.05) is 0 Å². The first-order valence-electron chi connectivity index (χ1n) is 6.02. The Labute approximate surface area is 109 Å². The summed E-state index contributed by atoms with van der Waals surface area (Å²) in [5.41, 5.74) is 5.45. The van der Waals surface area contributed by atoms with Crippen molar-refractivity contribution in [1.82, 2.24) is 4.90 Å². The van der Waals surface area contributed by atoms with Gasteiger partial charge in [0.05, 0.1) is 11.6 Å². The second kappa shape index (κ2) is 9.36. The number of nitrogens with zero attached hydrogens (tertiary/aromatic N) is 1. The molecule has 0 aromatic rings. The standard InChI is InChI=1S/C12H24N2O2S/c1-10(2)4-5-12(15)14(8-9-16-3)7-6-11(13)17/h10H,4-9H2,1-3H3,(H2,13,17). The van der Waals surface area contributed by atoms with E-state index in [1.165, 1.54) is 0 Å². The van der Waals surface area contributed by atoms with E-state index in [0.717, 1.165) is 6.42 Å². The average molecular weight is 260 g/mol. The van der Waals surface area contributed by atoms with Crippen LogP contribution in [0, 0.1) is 5.92 Å². The molecule has 0 heterocycles. The van der Waals surface area contributed by atoms with Crippen LogP contribution < -0.4 is 5.73 Å². The quantitative estimate of drug-likeness (QED) is 0.639. The van der Waals surface area contributed by atoms with Crippen molar-refractivity contribution in [2.24, 2.45) is 11.7 Å². The Morgan fingerprint density at radius 3 is 2.47 bits per heavy atom. The molecule has 0 aromatic carbocycles. The Bertz CT molecular complexity index is 245. The van der Waals surface area contributed by atoms with Crippen molar-refractivity contribution >= 4 is 23.1 Å². The van der Waals surface area contributed by atoms with Crippen molar-refractivity contribution in [3.63, 3.8) is 0 Å². The molecular formula is C12H24N2O2S. The Morgan fingerprint density at radius 1 is 1.35 bits per heavy atom. The van der Waals surface area contributed by atoms with E-state index in [4.69, 9.17) is 22.7 Å². The number of nitrogens with two attached hydrogens (primary N) is 1. The molecular weight excluding hydrogens is 236 g/mol. The van der Waals surface area contributed by atoms with Gasteiger partial charge in [0.15, 0.2) is 0 Å². The van der Waals surface area contributed by atoms with Gasteiger partial charge in [-0.15, -0.1) is 0 Å². The molecule has 0 aliphatic carbocycles. The Morgan fingerprint density at radius 2 is 2.00 bits per heavy atom. The number of carbonyl (C=O) groups excluding carboxylic acids is 1. The second-order valence-electron chi connectivity index (χ2n) is 4.52. The van der Waals surface area contributed by atoms with Crippen molar-refractivity contribution in [3.8, 4) is 0 Å². The average Bonchev–Trinajstić information content (AvgIpc) is 2.25. The third-order valence-corrected chi connectivity index (χ3v) is 2.69. The van der Waals surface area contributed by atoms with Gasteiger partial charge in [-0.1, -0.05) is 26.1 Å². The molecule has 0 aromatic heterocycles. The van der Waals surface area contributed by atoms with E-state index in [-0.39, 0.29) is 5.91 Å². The molecule has 0 unspecified atom stereocenters. The van der Waals surface area contributed by atoms with E-state index >= 15 is 0 Å². The molecule has 2 N–H and O–H groups in total. The van der Waals surface area contributed by atoms with Crippen molar-refractivity contribution in [2.45, 2.75) is 33.1 Å². The van der Waals surface area contributed by atoms with Crippen LogP contribution in [0.1, 0.15) is 33.1 Å². The van der Waals surface area contributed by atoms with Gasteiger partial charge < -0.3 is 15.4 Å². The van der Waals surface area contributed by atoms with E-state index < -0.39 is 0 Å². The molecule has 0 spiro atoms. The topological polar surface area (TPSA) is 55.6 Å². The lowest BCUT2D eigenvalue weighted by molar-refractivity contribution is -0.132. The highest BCUT2D eigenvalue weighted by Gasteiger charge is 2.13. The summed E-state index contributed by atoms with van der Waals surface area (Å²) in [7, 11) is 1.63. The van der Waals surface area contributed by atoms with Crippen molar-refractivity contribution in [2.75, 3.05) is 26.8 Å². The molecule has 5 heteroatoms. The summed E-state index contributed by atoms with van der Waals surface area (Å²) < 4.78 is 5.00. The predicted molar refractivity (Wildman–Crippen MR) is 73.9 cm³/mol. The molecule has 0 radical (unpaired) electrons. The van der Waals surface area contributed by atoms with Crippen molar-refractivity contribution in [1.29, 1.82) is 0 Å². The first-order valence-corrected chi connectivity index (χ1v) is 6.43. The first-order chi connectivity index (χ1) is 7.97. The minimum Gasteiger partial charge on any atom is -0.393 e. The van der Waals surface area contributed by atoms with E-state index in [1.54, 1.807) is 12.0 Å². The third-order valence-electron chi connectivity index (χ3n) is 2.48. The number of ether oxygens (including phenoxy) is 1. The number of hydrogen-bond acceptors (Lipinski definition) is 3. The number of amides is 1. The first kappa shape index (κ1) is 16.3. The van der Waals surface area contributed by atoms with E-state index in [9.17, 15) is 4.79 Å². The van der Waals surface area contributed by atoms with Crippen LogP contribution in [-0.2, 0) is 9.53 Å². The fraction of sp³-hybridized carbons (Fsp3) is 0.833. The summed E-state index contributed by atoms with van der Waals surface area (Å²) in [6.07, 6.45) is 2.07. The lowest BCUT2D eigenvalue weighted by Crippen LogP contribution is -2.36. The summed E-state index contributed by atoms with van der Waals surface area (Å²) in [6.45, 7) is 5.97. The second-order valence-corrected chi connectivity index (χ2v) is 5.05. The maximum absolute atomic E-state index is 12.0. The molecule has 0 bridgehead atoms. The summed E-state index contributed by atoms with van der Waals surface area (Å²) >= 11 is 4.83. The summed E-state index contributed by atoms with van der Waals surface area (Å²) in [6, 6.07) is 0. The SMILES string of the molecule is COCCN(CCC(N)=S)C(=O)CCC(C)C. The fourth-order valence-electron chi connectivity index (χ4n) is 1.38. The molecule has 0 fully saturated rings. The molecule has 0 aliphatic heterocycles. The molecule has 0 rings (SSSR count). The summed E-state index contributed by atoms with van der Waals surface area (Å²) in [5, 5.41) is 0. The molecule has 0 aliphatic rings. The number of hydrogen-bond donors (Lipinski definition) is 1. The van der Waals surface area contributed by atoms with Gasteiger partial charge in [0, 0.05) is 33.0 Å². The van der Waals surface area contributed by atoms with Crippen LogP contribution in [0.4, 0.5) is 0 Å². The van der Waals surface area contributed by atoms with Gasteiger partial charge in [0.1, 0.15) is 0 Å². The number of rotatable bonds is 9. The maximum Gasteiger partial charge on any atom is 0.222 e. The van der Waals surface area contributed by atoms with Crippen LogP contribution in [0.15, 0.2) is 0 Å². The largest absolute Gasteiger partial charge is 0.393 e. The van der Waals surface area contributed by atoms with Crippen LogP contribution in [0.2, 0.25) is 0 Å². The van der Waals surface area contributed by atoms with Gasteiger partial charge in [-0.25, -0.2) is 0 Å². The van der Waals surface area contributed by atoms with Crippen LogP contribution in [0.25, 0.3) is 0 Å². The Balaban J connectivity index is 4.13. The van der Waals surface area contributed by atoms with Crippen LogP contribution in [0.3, 0.4) is 0 Å². The minimum atomic E-state index is 0.159. The van der Waals surface area contributed by atoms with Gasteiger partial charge in [-0.05, 0) is 12.3 Å².